The minimum Gasteiger partial charge on any atom is -0.366 e. The number of rotatable bonds is 5. The van der Waals surface area contributed by atoms with E-state index in [9.17, 15) is 22.0 Å². The third-order valence-corrected chi connectivity index (χ3v) is 4.49. The summed E-state index contributed by atoms with van der Waals surface area (Å²) in [6, 6.07) is 5.32. The molecule has 4 heterocycles. The number of anilines is 1. The van der Waals surface area contributed by atoms with Crippen molar-refractivity contribution in [3.05, 3.63) is 83.1 Å². The molecular weight excluding hydrogens is 405 g/mol. The average Bonchev–Trinajstić information content (AvgIpc) is 3.10. The molecule has 0 saturated carbocycles. The fourth-order valence-electron chi connectivity index (χ4n) is 3.00. The molecule has 0 aliphatic rings. The van der Waals surface area contributed by atoms with Gasteiger partial charge in [-0.3, -0.25) is 4.98 Å². The van der Waals surface area contributed by atoms with Crippen molar-refractivity contribution in [1.29, 1.82) is 0 Å². The molecule has 0 saturated heterocycles. The summed E-state index contributed by atoms with van der Waals surface area (Å²) >= 11 is 0. The van der Waals surface area contributed by atoms with Crippen LogP contribution in [0.3, 0.4) is 0 Å². The van der Waals surface area contributed by atoms with Gasteiger partial charge in [-0.25, -0.2) is 14.4 Å². The largest absolute Gasteiger partial charge is 0.417 e. The summed E-state index contributed by atoms with van der Waals surface area (Å²) in [5.41, 5.74) is 0.657. The maximum absolute atomic E-state index is 14.5. The first kappa shape index (κ1) is 19.7. The van der Waals surface area contributed by atoms with Gasteiger partial charge < -0.3 is 10.3 Å². The van der Waals surface area contributed by atoms with Crippen LogP contribution in [0.5, 0.6) is 0 Å². The highest BCUT2D eigenvalue weighted by atomic mass is 19.4. The first-order valence-electron chi connectivity index (χ1n) is 8.81. The smallest absolute Gasteiger partial charge is 0.366 e. The third-order valence-electron chi connectivity index (χ3n) is 4.49. The number of halogens is 5. The van der Waals surface area contributed by atoms with E-state index in [4.69, 9.17) is 0 Å². The summed E-state index contributed by atoms with van der Waals surface area (Å²) in [5.74, 6) is -1.00. The lowest BCUT2D eigenvalue weighted by Gasteiger charge is -2.09. The zero-order chi connectivity index (χ0) is 21.3. The van der Waals surface area contributed by atoms with Crippen LogP contribution in [0.2, 0.25) is 0 Å². The maximum atomic E-state index is 14.5. The van der Waals surface area contributed by atoms with E-state index in [2.05, 4.69) is 25.3 Å². The van der Waals surface area contributed by atoms with Gasteiger partial charge in [0.1, 0.15) is 17.3 Å². The molecule has 0 aromatic carbocycles. The van der Waals surface area contributed by atoms with E-state index < -0.39 is 23.5 Å². The lowest BCUT2D eigenvalue weighted by Crippen LogP contribution is -2.06. The van der Waals surface area contributed by atoms with Crippen molar-refractivity contribution >= 4 is 16.9 Å². The number of hydrogen-bond donors (Lipinski definition) is 2. The molecule has 2 N–H and O–H groups in total. The lowest BCUT2D eigenvalue weighted by molar-refractivity contribution is -0.137. The van der Waals surface area contributed by atoms with Crippen LogP contribution in [-0.4, -0.2) is 19.9 Å². The Balaban J connectivity index is 1.52. The molecule has 0 spiro atoms. The molecule has 4 aromatic heterocycles. The molecule has 30 heavy (non-hydrogen) atoms. The van der Waals surface area contributed by atoms with Crippen LogP contribution < -0.4 is 5.32 Å². The van der Waals surface area contributed by atoms with E-state index in [0.29, 0.717) is 11.1 Å². The van der Waals surface area contributed by atoms with Gasteiger partial charge in [0.15, 0.2) is 0 Å². The Hall–Kier alpha value is -3.56. The van der Waals surface area contributed by atoms with E-state index in [1.807, 2.05) is 0 Å². The van der Waals surface area contributed by atoms with Gasteiger partial charge in [-0.15, -0.1) is 0 Å². The highest BCUT2D eigenvalue weighted by Crippen LogP contribution is 2.31. The van der Waals surface area contributed by atoms with Crippen molar-refractivity contribution in [3.8, 4) is 0 Å². The first-order valence-corrected chi connectivity index (χ1v) is 8.81. The normalized spacial score (nSPS) is 11.8. The van der Waals surface area contributed by atoms with E-state index in [1.165, 1.54) is 24.5 Å². The minimum atomic E-state index is -4.52. The van der Waals surface area contributed by atoms with Crippen molar-refractivity contribution < 1.29 is 22.0 Å². The molecule has 0 radical (unpaired) electrons. The molecule has 0 unspecified atom stereocenters. The number of fused-ring (bicyclic) bond motifs is 1. The first-order chi connectivity index (χ1) is 14.3. The molecule has 0 atom stereocenters. The van der Waals surface area contributed by atoms with Crippen LogP contribution in [0.4, 0.5) is 27.8 Å². The molecule has 0 aliphatic heterocycles. The van der Waals surface area contributed by atoms with Crippen LogP contribution in [0.15, 0.2) is 49.1 Å². The zero-order valence-electron chi connectivity index (χ0n) is 15.3. The Morgan fingerprint density at radius 1 is 1.00 bits per heavy atom. The highest BCUT2D eigenvalue weighted by molar-refractivity contribution is 5.80. The van der Waals surface area contributed by atoms with Gasteiger partial charge in [-0.2, -0.15) is 17.6 Å². The lowest BCUT2D eigenvalue weighted by atomic mass is 10.1. The molecule has 10 heteroatoms. The van der Waals surface area contributed by atoms with E-state index in [0.717, 1.165) is 18.5 Å². The van der Waals surface area contributed by atoms with Gasteiger partial charge in [0, 0.05) is 42.5 Å². The SMILES string of the molecule is Fc1cncc(CNc2ccc(Cc3c[nH]c4ncc(C(F)(F)F)cc34)c(F)n2)c1. The van der Waals surface area contributed by atoms with Gasteiger partial charge in [0.05, 0.1) is 11.8 Å². The Bertz CT molecular complexity index is 1200. The number of pyridine rings is 3. The second-order valence-electron chi connectivity index (χ2n) is 6.62. The van der Waals surface area contributed by atoms with Crippen molar-refractivity contribution in [3.63, 3.8) is 0 Å². The molecule has 0 bridgehead atoms. The standard InChI is InChI=1S/C20H14F5N5/c21-15-3-11(6-26-10-15)7-27-17-2-1-12(18(22)30-17)4-13-8-28-19-16(13)5-14(9-29-19)20(23,24)25/h1-3,5-6,8-10H,4,7H2,(H,27,30)(H,28,29). The Kier molecular flexibility index (Phi) is 5.06. The van der Waals surface area contributed by atoms with Gasteiger partial charge in [0.25, 0.3) is 0 Å². The number of H-pyrrole nitrogens is 1. The van der Waals surface area contributed by atoms with Crippen molar-refractivity contribution in [2.24, 2.45) is 0 Å². The number of aromatic nitrogens is 4. The Labute approximate surface area is 167 Å². The third kappa shape index (κ3) is 4.22. The predicted molar refractivity (Wildman–Crippen MR) is 99.6 cm³/mol. The Morgan fingerprint density at radius 2 is 1.83 bits per heavy atom. The van der Waals surface area contributed by atoms with Crippen LogP contribution >= 0.6 is 0 Å². The van der Waals surface area contributed by atoms with Gasteiger partial charge in [0.2, 0.25) is 5.95 Å². The average molecular weight is 419 g/mol. The topological polar surface area (TPSA) is 66.5 Å². The quantitative estimate of drug-likeness (QED) is 0.358. The van der Waals surface area contributed by atoms with Crippen molar-refractivity contribution in [2.75, 3.05) is 5.32 Å². The molecule has 0 amide bonds. The second-order valence-corrected chi connectivity index (χ2v) is 6.62. The number of aromatic amines is 1. The van der Waals surface area contributed by atoms with Crippen LogP contribution in [-0.2, 0) is 19.1 Å². The molecular formula is C20H14F5N5. The van der Waals surface area contributed by atoms with Crippen molar-refractivity contribution in [1.82, 2.24) is 19.9 Å². The van der Waals surface area contributed by atoms with E-state index in [1.54, 1.807) is 6.07 Å². The molecule has 4 rings (SSSR count). The summed E-state index contributed by atoms with van der Waals surface area (Å²) in [5, 5.41) is 3.14. The van der Waals surface area contributed by atoms with Crippen LogP contribution in [0, 0.1) is 11.8 Å². The molecule has 0 aliphatic carbocycles. The summed E-state index contributed by atoms with van der Waals surface area (Å²) in [6.45, 7) is 0.199. The van der Waals surface area contributed by atoms with Crippen LogP contribution in [0.25, 0.3) is 11.0 Å². The molecule has 4 aromatic rings. The summed E-state index contributed by atoms with van der Waals surface area (Å²) < 4.78 is 66.5. The van der Waals surface area contributed by atoms with Crippen LogP contribution in [0.1, 0.15) is 22.3 Å². The maximum Gasteiger partial charge on any atom is 0.417 e. The summed E-state index contributed by atoms with van der Waals surface area (Å²) in [6.07, 6.45) is 0.317. The fraction of sp³-hybridized carbons (Fsp3) is 0.150. The molecule has 154 valence electrons. The monoisotopic (exact) mass is 419 g/mol. The highest BCUT2D eigenvalue weighted by Gasteiger charge is 2.31. The number of nitrogens with one attached hydrogen (secondary N) is 2. The number of alkyl halides is 3. The molecule has 0 fully saturated rings. The predicted octanol–water partition coefficient (Wildman–Crippen LogP) is 4.85. The van der Waals surface area contributed by atoms with E-state index in [-0.39, 0.29) is 35.4 Å². The van der Waals surface area contributed by atoms with E-state index >= 15 is 0 Å². The second kappa shape index (κ2) is 7.69. The Morgan fingerprint density at radius 3 is 2.57 bits per heavy atom. The minimum absolute atomic E-state index is 0.0376. The fourth-order valence-corrected chi connectivity index (χ4v) is 3.00. The summed E-state index contributed by atoms with van der Waals surface area (Å²) in [7, 11) is 0. The van der Waals surface area contributed by atoms with Crippen molar-refractivity contribution in [2.45, 2.75) is 19.1 Å². The zero-order valence-corrected chi connectivity index (χ0v) is 15.3. The number of nitrogens with zero attached hydrogens (tertiary/aromatic N) is 3. The van der Waals surface area contributed by atoms with Gasteiger partial charge >= 0.3 is 6.18 Å². The molecule has 5 nitrogen and oxygen atoms in total. The van der Waals surface area contributed by atoms with Gasteiger partial charge in [-0.05, 0) is 29.3 Å². The summed E-state index contributed by atoms with van der Waals surface area (Å²) in [4.78, 5) is 14.1. The number of hydrogen-bond acceptors (Lipinski definition) is 4. The van der Waals surface area contributed by atoms with Gasteiger partial charge in [-0.1, -0.05) is 6.07 Å².